The minimum absolute atomic E-state index is 0.0207. The van der Waals surface area contributed by atoms with Gasteiger partial charge in [0, 0.05) is 22.5 Å². The second-order valence-electron chi connectivity index (χ2n) is 10.6. The molecule has 0 unspecified atom stereocenters. The summed E-state index contributed by atoms with van der Waals surface area (Å²) in [6.07, 6.45) is 4.72. The lowest BCUT2D eigenvalue weighted by Gasteiger charge is -2.57. The number of nitrogens with zero attached hydrogens (tertiary/aromatic N) is 1. The van der Waals surface area contributed by atoms with Crippen LogP contribution in [0, 0.1) is 11.8 Å². The van der Waals surface area contributed by atoms with E-state index in [0.717, 1.165) is 35.4 Å². The topological polar surface area (TPSA) is 40.2 Å². The van der Waals surface area contributed by atoms with Crippen molar-refractivity contribution in [1.29, 1.82) is 0 Å². The molecular weight excluding hydrogens is 506 g/mol. The van der Waals surface area contributed by atoms with Crippen molar-refractivity contribution in [3.05, 3.63) is 58.1 Å². The molecule has 0 bridgehead atoms. The van der Waals surface area contributed by atoms with Crippen molar-refractivity contribution in [1.82, 2.24) is 4.90 Å². The van der Waals surface area contributed by atoms with Gasteiger partial charge in [-0.15, -0.1) is 0 Å². The Morgan fingerprint density at radius 2 is 1.77 bits per heavy atom. The average Bonchev–Trinajstić information content (AvgIpc) is 2.84. The van der Waals surface area contributed by atoms with Gasteiger partial charge in [0.2, 0.25) is 0 Å². The van der Waals surface area contributed by atoms with E-state index in [1.807, 2.05) is 12.1 Å². The predicted octanol–water partition coefficient (Wildman–Crippen LogP) is 6.47. The summed E-state index contributed by atoms with van der Waals surface area (Å²) in [5, 5.41) is 0. The molecule has 5 nitrogen and oxygen atoms in total. The van der Waals surface area contributed by atoms with Crippen LogP contribution in [0.25, 0.3) is 0 Å². The molecule has 35 heavy (non-hydrogen) atoms. The van der Waals surface area contributed by atoms with E-state index in [1.54, 1.807) is 14.2 Å². The third kappa shape index (κ3) is 6.04. The van der Waals surface area contributed by atoms with E-state index in [4.69, 9.17) is 18.9 Å². The van der Waals surface area contributed by atoms with Gasteiger partial charge < -0.3 is 18.9 Å². The van der Waals surface area contributed by atoms with E-state index >= 15 is 0 Å². The largest absolute Gasteiger partial charge is 0.493 e. The highest BCUT2D eigenvalue weighted by atomic mass is 79.9. The number of hydrogen-bond acceptors (Lipinski definition) is 5. The SMILES string of the molecule is COc1cc(Br)c(CCN2[C@H](COCc3ccccc3)O[C@@H]3C[C@H](C)CC[C@H]3C2(C)C)cc1OC. The maximum atomic E-state index is 6.79. The van der Waals surface area contributed by atoms with Crippen molar-refractivity contribution in [2.24, 2.45) is 11.8 Å². The zero-order valence-corrected chi connectivity index (χ0v) is 23.3. The molecule has 2 aromatic carbocycles. The van der Waals surface area contributed by atoms with Crippen molar-refractivity contribution < 1.29 is 18.9 Å². The van der Waals surface area contributed by atoms with E-state index in [0.29, 0.717) is 31.2 Å². The normalized spacial score (nSPS) is 26.2. The highest BCUT2D eigenvalue weighted by Crippen LogP contribution is 2.45. The van der Waals surface area contributed by atoms with Crippen LogP contribution >= 0.6 is 15.9 Å². The fraction of sp³-hybridized carbons (Fsp3) is 0.586. The standard InChI is InChI=1S/C29H40BrNO4/c1-20-11-12-23-25(15-20)35-28(19-34-18-21-9-7-6-8-10-21)31(29(23,2)3)14-13-22-16-26(32-4)27(33-5)17-24(22)30/h6-10,16-17,20,23,25,28H,11-15,18-19H2,1-5H3/t20-,23-,25-,28+/m1/s1. The Hall–Kier alpha value is -1.60. The molecule has 1 saturated heterocycles. The highest BCUT2D eigenvalue weighted by molar-refractivity contribution is 9.10. The molecule has 0 N–H and O–H groups in total. The van der Waals surface area contributed by atoms with Crippen molar-refractivity contribution in [3.8, 4) is 11.5 Å². The Morgan fingerprint density at radius 3 is 2.49 bits per heavy atom. The number of fused-ring (bicyclic) bond motifs is 1. The first-order valence-corrected chi connectivity index (χ1v) is 13.6. The van der Waals surface area contributed by atoms with E-state index in [2.05, 4.69) is 71.9 Å². The van der Waals surface area contributed by atoms with Gasteiger partial charge in [-0.3, -0.25) is 4.90 Å². The minimum atomic E-state index is -0.0702. The Bertz CT molecular complexity index is 967. The number of ether oxygens (including phenoxy) is 4. The minimum Gasteiger partial charge on any atom is -0.493 e. The molecule has 4 rings (SSSR count). The highest BCUT2D eigenvalue weighted by Gasteiger charge is 2.50. The smallest absolute Gasteiger partial charge is 0.161 e. The van der Waals surface area contributed by atoms with Crippen molar-refractivity contribution in [3.63, 3.8) is 0 Å². The Labute approximate surface area is 219 Å². The van der Waals surface area contributed by atoms with Crippen LogP contribution in [-0.2, 0) is 22.5 Å². The summed E-state index contributed by atoms with van der Waals surface area (Å²) in [5.41, 5.74) is 2.40. The van der Waals surface area contributed by atoms with Gasteiger partial charge in [-0.1, -0.05) is 59.6 Å². The number of rotatable bonds is 9. The third-order valence-electron chi connectivity index (χ3n) is 7.93. The summed E-state index contributed by atoms with van der Waals surface area (Å²) in [6.45, 7) is 9.19. The molecule has 1 heterocycles. The Balaban J connectivity index is 1.52. The summed E-state index contributed by atoms with van der Waals surface area (Å²) < 4.78 is 25.1. The van der Waals surface area contributed by atoms with Crippen LogP contribution < -0.4 is 9.47 Å². The zero-order chi connectivity index (χ0) is 25.0. The first-order chi connectivity index (χ1) is 16.8. The molecule has 2 aromatic rings. The molecule has 0 radical (unpaired) electrons. The molecule has 2 aliphatic rings. The lowest BCUT2D eigenvalue weighted by atomic mass is 9.69. The maximum Gasteiger partial charge on any atom is 0.161 e. The van der Waals surface area contributed by atoms with Gasteiger partial charge in [-0.25, -0.2) is 0 Å². The van der Waals surface area contributed by atoms with Crippen LogP contribution in [-0.4, -0.2) is 50.1 Å². The van der Waals surface area contributed by atoms with Crippen LogP contribution in [0.4, 0.5) is 0 Å². The molecular formula is C29H40BrNO4. The molecule has 192 valence electrons. The molecule has 1 aliphatic carbocycles. The monoisotopic (exact) mass is 545 g/mol. The molecule has 1 saturated carbocycles. The first-order valence-electron chi connectivity index (χ1n) is 12.8. The Morgan fingerprint density at radius 1 is 1.06 bits per heavy atom. The summed E-state index contributed by atoms with van der Waals surface area (Å²) >= 11 is 3.74. The van der Waals surface area contributed by atoms with Gasteiger partial charge in [0.25, 0.3) is 0 Å². The van der Waals surface area contributed by atoms with Gasteiger partial charge in [0.15, 0.2) is 11.5 Å². The van der Waals surface area contributed by atoms with Gasteiger partial charge in [-0.2, -0.15) is 0 Å². The average molecular weight is 547 g/mol. The predicted molar refractivity (Wildman–Crippen MR) is 143 cm³/mol. The van der Waals surface area contributed by atoms with E-state index in [-0.39, 0.29) is 11.8 Å². The molecule has 2 fully saturated rings. The first kappa shape index (κ1) is 26.5. The second-order valence-corrected chi connectivity index (χ2v) is 11.4. The number of halogens is 1. The Kier molecular flexibility index (Phi) is 8.80. The number of methoxy groups -OCH3 is 2. The van der Waals surface area contributed by atoms with Gasteiger partial charge >= 0.3 is 0 Å². The van der Waals surface area contributed by atoms with Crippen LogP contribution in [0.5, 0.6) is 11.5 Å². The molecule has 4 atom stereocenters. The van der Waals surface area contributed by atoms with Crippen molar-refractivity contribution in [2.75, 3.05) is 27.4 Å². The van der Waals surface area contributed by atoms with E-state index in [9.17, 15) is 0 Å². The van der Waals surface area contributed by atoms with Gasteiger partial charge in [0.05, 0.1) is 33.5 Å². The van der Waals surface area contributed by atoms with E-state index in [1.165, 1.54) is 24.0 Å². The lowest BCUT2D eigenvalue weighted by molar-refractivity contribution is -0.247. The number of benzene rings is 2. The zero-order valence-electron chi connectivity index (χ0n) is 21.8. The fourth-order valence-electron chi connectivity index (χ4n) is 5.89. The lowest BCUT2D eigenvalue weighted by Crippen LogP contribution is -2.65. The summed E-state index contributed by atoms with van der Waals surface area (Å²) in [5.74, 6) is 2.73. The summed E-state index contributed by atoms with van der Waals surface area (Å²) in [4.78, 5) is 2.54. The molecule has 1 aliphatic heterocycles. The van der Waals surface area contributed by atoms with Crippen LogP contribution in [0.15, 0.2) is 46.9 Å². The van der Waals surface area contributed by atoms with Gasteiger partial charge in [-0.05, 0) is 62.3 Å². The van der Waals surface area contributed by atoms with E-state index < -0.39 is 0 Å². The molecule has 0 spiro atoms. The van der Waals surface area contributed by atoms with Crippen LogP contribution in [0.2, 0.25) is 0 Å². The van der Waals surface area contributed by atoms with Crippen molar-refractivity contribution in [2.45, 2.75) is 70.9 Å². The molecule has 0 amide bonds. The molecule has 6 heteroatoms. The maximum absolute atomic E-state index is 6.79. The van der Waals surface area contributed by atoms with Crippen molar-refractivity contribution >= 4 is 15.9 Å². The number of hydrogen-bond donors (Lipinski definition) is 0. The third-order valence-corrected chi connectivity index (χ3v) is 8.67. The van der Waals surface area contributed by atoms with Crippen LogP contribution in [0.3, 0.4) is 0 Å². The van der Waals surface area contributed by atoms with Crippen LogP contribution in [0.1, 0.15) is 51.2 Å². The summed E-state index contributed by atoms with van der Waals surface area (Å²) in [6, 6.07) is 14.4. The second kappa shape index (κ2) is 11.6. The quantitative estimate of drug-likeness (QED) is 0.361. The summed E-state index contributed by atoms with van der Waals surface area (Å²) in [7, 11) is 3.35. The molecule has 0 aromatic heterocycles. The fourth-order valence-corrected chi connectivity index (χ4v) is 6.41. The van der Waals surface area contributed by atoms with Gasteiger partial charge in [0.1, 0.15) is 6.23 Å².